The van der Waals surface area contributed by atoms with Crippen molar-refractivity contribution in [3.8, 4) is 5.75 Å². The Balaban J connectivity index is 1.97. The average molecular weight is 261 g/mol. The van der Waals surface area contributed by atoms with Crippen molar-refractivity contribution in [2.45, 2.75) is 58.0 Å². The molecule has 1 N–H and O–H groups in total. The molecule has 0 aliphatic heterocycles. The molecule has 1 aliphatic rings. The second-order valence-corrected chi connectivity index (χ2v) is 5.73. The number of hydrogen-bond donors (Lipinski definition) is 1. The van der Waals surface area contributed by atoms with Crippen LogP contribution in [0.1, 0.15) is 57.6 Å². The first-order valence-electron chi connectivity index (χ1n) is 7.64. The van der Waals surface area contributed by atoms with Crippen LogP contribution >= 0.6 is 0 Å². The van der Waals surface area contributed by atoms with Crippen molar-refractivity contribution in [3.63, 3.8) is 0 Å². The van der Waals surface area contributed by atoms with Gasteiger partial charge >= 0.3 is 0 Å². The van der Waals surface area contributed by atoms with Gasteiger partial charge in [0.2, 0.25) is 0 Å². The smallest absolute Gasteiger partial charge is 0.118 e. The van der Waals surface area contributed by atoms with Crippen molar-refractivity contribution in [1.82, 2.24) is 5.32 Å². The van der Waals surface area contributed by atoms with Gasteiger partial charge in [-0.05, 0) is 49.8 Å². The standard InChI is InChI=1S/C17H27NO/c1-4-17(15-9-11-16(19-3)12-10-15)18-13(2)14-7-5-6-8-14/h9-14,17-18H,4-8H2,1-3H3. The van der Waals surface area contributed by atoms with E-state index in [4.69, 9.17) is 4.74 Å². The van der Waals surface area contributed by atoms with Crippen LogP contribution in [0.3, 0.4) is 0 Å². The molecule has 106 valence electrons. The monoisotopic (exact) mass is 261 g/mol. The van der Waals surface area contributed by atoms with Crippen molar-refractivity contribution in [2.75, 3.05) is 7.11 Å². The van der Waals surface area contributed by atoms with Crippen LogP contribution in [0.5, 0.6) is 5.75 Å². The molecule has 1 saturated carbocycles. The maximum Gasteiger partial charge on any atom is 0.118 e. The second-order valence-electron chi connectivity index (χ2n) is 5.73. The number of hydrogen-bond acceptors (Lipinski definition) is 2. The summed E-state index contributed by atoms with van der Waals surface area (Å²) < 4.78 is 5.22. The Morgan fingerprint density at radius 2 is 1.84 bits per heavy atom. The number of benzene rings is 1. The summed E-state index contributed by atoms with van der Waals surface area (Å²) in [5.41, 5.74) is 1.37. The lowest BCUT2D eigenvalue weighted by atomic mass is 9.96. The summed E-state index contributed by atoms with van der Waals surface area (Å²) in [4.78, 5) is 0. The van der Waals surface area contributed by atoms with Gasteiger partial charge in [0.1, 0.15) is 5.75 Å². The molecule has 1 aromatic rings. The Kier molecular flexibility index (Phi) is 5.26. The molecule has 2 heteroatoms. The van der Waals surface area contributed by atoms with E-state index in [-0.39, 0.29) is 0 Å². The van der Waals surface area contributed by atoms with Crippen molar-refractivity contribution in [3.05, 3.63) is 29.8 Å². The predicted molar refractivity (Wildman–Crippen MR) is 80.6 cm³/mol. The number of rotatable bonds is 6. The number of methoxy groups -OCH3 is 1. The molecule has 0 aromatic heterocycles. The maximum atomic E-state index is 5.22. The predicted octanol–water partition coefficient (Wildman–Crippen LogP) is 4.31. The quantitative estimate of drug-likeness (QED) is 0.823. The zero-order valence-corrected chi connectivity index (χ0v) is 12.5. The molecular weight excluding hydrogens is 234 g/mol. The Morgan fingerprint density at radius 3 is 2.37 bits per heavy atom. The van der Waals surface area contributed by atoms with Gasteiger partial charge in [-0.3, -0.25) is 0 Å². The molecule has 2 rings (SSSR count). The lowest BCUT2D eigenvalue weighted by molar-refractivity contribution is 0.338. The van der Waals surface area contributed by atoms with E-state index in [9.17, 15) is 0 Å². The van der Waals surface area contributed by atoms with Crippen LogP contribution < -0.4 is 10.1 Å². The normalized spacial score (nSPS) is 19.3. The van der Waals surface area contributed by atoms with Crippen molar-refractivity contribution < 1.29 is 4.74 Å². The first kappa shape index (κ1) is 14.4. The van der Waals surface area contributed by atoms with E-state index in [1.807, 2.05) is 0 Å². The van der Waals surface area contributed by atoms with Gasteiger partial charge in [-0.1, -0.05) is 31.9 Å². The third-order valence-corrected chi connectivity index (χ3v) is 4.50. The Bertz CT molecular complexity index is 367. The van der Waals surface area contributed by atoms with Crippen LogP contribution in [0.15, 0.2) is 24.3 Å². The maximum absolute atomic E-state index is 5.22. The summed E-state index contributed by atoms with van der Waals surface area (Å²) in [6.45, 7) is 4.60. The molecular formula is C17H27NO. The van der Waals surface area contributed by atoms with Crippen LogP contribution in [-0.2, 0) is 0 Å². The first-order chi connectivity index (χ1) is 9.24. The SMILES string of the molecule is CCC(NC(C)C1CCCC1)c1ccc(OC)cc1. The summed E-state index contributed by atoms with van der Waals surface area (Å²) in [5, 5.41) is 3.82. The Hall–Kier alpha value is -1.02. The number of ether oxygens (including phenoxy) is 1. The van der Waals surface area contributed by atoms with E-state index in [1.54, 1.807) is 7.11 Å². The third kappa shape index (κ3) is 3.73. The number of nitrogens with one attached hydrogen (secondary N) is 1. The highest BCUT2D eigenvalue weighted by molar-refractivity contribution is 5.29. The van der Waals surface area contributed by atoms with Gasteiger partial charge in [0.05, 0.1) is 7.11 Å². The largest absolute Gasteiger partial charge is 0.497 e. The van der Waals surface area contributed by atoms with E-state index in [1.165, 1.54) is 31.2 Å². The zero-order chi connectivity index (χ0) is 13.7. The molecule has 0 spiro atoms. The summed E-state index contributed by atoms with van der Waals surface area (Å²) in [6, 6.07) is 9.55. The fourth-order valence-electron chi connectivity index (χ4n) is 3.20. The zero-order valence-electron chi connectivity index (χ0n) is 12.5. The fraction of sp³-hybridized carbons (Fsp3) is 0.647. The van der Waals surface area contributed by atoms with Gasteiger partial charge < -0.3 is 10.1 Å². The highest BCUT2D eigenvalue weighted by Gasteiger charge is 2.23. The van der Waals surface area contributed by atoms with Gasteiger partial charge in [0.25, 0.3) is 0 Å². The van der Waals surface area contributed by atoms with Crippen molar-refractivity contribution in [1.29, 1.82) is 0 Å². The van der Waals surface area contributed by atoms with Crippen LogP contribution in [0, 0.1) is 5.92 Å². The molecule has 1 aromatic carbocycles. The summed E-state index contributed by atoms with van der Waals surface area (Å²) in [5.74, 6) is 1.80. The van der Waals surface area contributed by atoms with Gasteiger partial charge in [-0.2, -0.15) is 0 Å². The van der Waals surface area contributed by atoms with Crippen LogP contribution in [0.25, 0.3) is 0 Å². The molecule has 2 atom stereocenters. The topological polar surface area (TPSA) is 21.3 Å². The molecule has 2 unspecified atom stereocenters. The van der Waals surface area contributed by atoms with Gasteiger partial charge in [-0.15, -0.1) is 0 Å². The van der Waals surface area contributed by atoms with Gasteiger partial charge in [0.15, 0.2) is 0 Å². The second kappa shape index (κ2) is 6.95. The van der Waals surface area contributed by atoms with Gasteiger partial charge in [-0.25, -0.2) is 0 Å². The molecule has 0 heterocycles. The molecule has 0 amide bonds. The van der Waals surface area contributed by atoms with Gasteiger partial charge in [0, 0.05) is 12.1 Å². The first-order valence-corrected chi connectivity index (χ1v) is 7.64. The van der Waals surface area contributed by atoms with E-state index in [2.05, 4.69) is 43.4 Å². The van der Waals surface area contributed by atoms with Crippen molar-refractivity contribution in [2.24, 2.45) is 5.92 Å². The summed E-state index contributed by atoms with van der Waals surface area (Å²) in [7, 11) is 1.72. The molecule has 0 saturated heterocycles. The van der Waals surface area contributed by atoms with E-state index < -0.39 is 0 Å². The molecule has 0 bridgehead atoms. The third-order valence-electron chi connectivity index (χ3n) is 4.50. The van der Waals surface area contributed by atoms with Crippen molar-refractivity contribution >= 4 is 0 Å². The lowest BCUT2D eigenvalue weighted by Gasteiger charge is -2.27. The average Bonchev–Trinajstić information content (AvgIpc) is 2.99. The molecule has 0 radical (unpaired) electrons. The fourth-order valence-corrected chi connectivity index (χ4v) is 3.20. The Morgan fingerprint density at radius 1 is 1.21 bits per heavy atom. The summed E-state index contributed by atoms with van der Waals surface area (Å²) in [6.07, 6.45) is 6.75. The minimum absolute atomic E-state index is 0.460. The lowest BCUT2D eigenvalue weighted by Crippen LogP contribution is -2.35. The highest BCUT2D eigenvalue weighted by Crippen LogP contribution is 2.29. The van der Waals surface area contributed by atoms with Crippen LogP contribution in [0.4, 0.5) is 0 Å². The van der Waals surface area contributed by atoms with E-state index in [0.717, 1.165) is 18.1 Å². The summed E-state index contributed by atoms with van der Waals surface area (Å²) >= 11 is 0. The molecule has 19 heavy (non-hydrogen) atoms. The Labute approximate surface area is 117 Å². The minimum Gasteiger partial charge on any atom is -0.497 e. The van der Waals surface area contributed by atoms with Crippen LogP contribution in [-0.4, -0.2) is 13.2 Å². The highest BCUT2D eigenvalue weighted by atomic mass is 16.5. The molecule has 1 fully saturated rings. The van der Waals surface area contributed by atoms with Crippen LogP contribution in [0.2, 0.25) is 0 Å². The van der Waals surface area contributed by atoms with E-state index in [0.29, 0.717) is 12.1 Å². The molecule has 1 aliphatic carbocycles. The van der Waals surface area contributed by atoms with E-state index >= 15 is 0 Å². The minimum atomic E-state index is 0.460. The molecule has 2 nitrogen and oxygen atoms in total.